The van der Waals surface area contributed by atoms with Gasteiger partial charge in [-0.25, -0.2) is 0 Å². The Kier molecular flexibility index (Phi) is 3.71. The van der Waals surface area contributed by atoms with Crippen molar-refractivity contribution >= 4 is 53.7 Å². The molecule has 2 heterocycles. The van der Waals surface area contributed by atoms with Gasteiger partial charge in [0.25, 0.3) is 10.1 Å². The molecule has 5 aromatic rings. The van der Waals surface area contributed by atoms with Gasteiger partial charge in [0.1, 0.15) is 0 Å². The summed E-state index contributed by atoms with van der Waals surface area (Å²) in [5.41, 5.74) is 3.28. The number of nitrogens with one attached hydrogen (secondary N) is 2. The van der Waals surface area contributed by atoms with Crippen LogP contribution in [0.15, 0.2) is 56.9 Å². The second kappa shape index (κ2) is 6.01. The minimum absolute atomic E-state index is 0.144. The normalized spacial score (nSPS) is 12.4. The van der Waals surface area contributed by atoms with Gasteiger partial charge in [-0.2, -0.15) is 8.42 Å². The van der Waals surface area contributed by atoms with Crippen molar-refractivity contribution in [3.63, 3.8) is 0 Å². The van der Waals surface area contributed by atoms with E-state index in [1.54, 1.807) is 12.1 Å². The molecule has 2 aromatic heterocycles. The highest BCUT2D eigenvalue weighted by Crippen LogP contribution is 2.25. The van der Waals surface area contributed by atoms with E-state index in [9.17, 15) is 22.6 Å². The van der Waals surface area contributed by atoms with E-state index in [2.05, 4.69) is 9.97 Å². The lowest BCUT2D eigenvalue weighted by molar-refractivity contribution is 0.483. The van der Waals surface area contributed by atoms with Gasteiger partial charge in [-0.15, -0.1) is 0 Å². The molecule has 8 heteroatoms. The van der Waals surface area contributed by atoms with E-state index in [-0.39, 0.29) is 26.7 Å². The van der Waals surface area contributed by atoms with Crippen LogP contribution in [0.4, 0.5) is 0 Å². The van der Waals surface area contributed by atoms with Crippen molar-refractivity contribution in [2.75, 3.05) is 0 Å². The van der Waals surface area contributed by atoms with Gasteiger partial charge in [0.2, 0.25) is 0 Å². The Labute approximate surface area is 169 Å². The Morgan fingerprint density at radius 1 is 0.733 bits per heavy atom. The molecule has 0 unspecified atom stereocenters. The summed E-state index contributed by atoms with van der Waals surface area (Å²) in [6.45, 7) is 3.79. The SMILES string of the molecule is Cc1ccc(C)c2c(=O)c3cc4[nH]c5cc(S(=O)(=O)O)ccc5c(=O)c4cc3[nH]c12. The Bertz CT molecular complexity index is 1780. The van der Waals surface area contributed by atoms with Crippen LogP contribution in [0.1, 0.15) is 11.1 Å². The first-order valence-electron chi connectivity index (χ1n) is 9.18. The number of rotatable bonds is 1. The number of aromatic nitrogens is 2. The van der Waals surface area contributed by atoms with E-state index in [1.807, 2.05) is 26.0 Å². The summed E-state index contributed by atoms with van der Waals surface area (Å²) in [7, 11) is -4.41. The lowest BCUT2D eigenvalue weighted by Crippen LogP contribution is -2.10. The van der Waals surface area contributed by atoms with Crippen LogP contribution >= 0.6 is 0 Å². The summed E-state index contributed by atoms with van der Waals surface area (Å²) in [6.07, 6.45) is 0. The van der Waals surface area contributed by atoms with Crippen molar-refractivity contribution in [3.05, 3.63) is 74.0 Å². The maximum Gasteiger partial charge on any atom is 0.294 e. The van der Waals surface area contributed by atoms with Crippen molar-refractivity contribution in [1.29, 1.82) is 0 Å². The van der Waals surface area contributed by atoms with E-state index in [0.29, 0.717) is 27.2 Å². The zero-order chi connectivity index (χ0) is 21.4. The predicted octanol–water partition coefficient (Wildman–Crippen LogP) is 3.54. The number of hydrogen-bond donors (Lipinski definition) is 3. The molecular weight excluding hydrogens is 404 g/mol. The minimum atomic E-state index is -4.41. The number of aryl methyl sites for hydroxylation is 2. The molecule has 3 aromatic carbocycles. The van der Waals surface area contributed by atoms with Crippen molar-refractivity contribution in [3.8, 4) is 0 Å². The van der Waals surface area contributed by atoms with Crippen molar-refractivity contribution < 1.29 is 13.0 Å². The van der Waals surface area contributed by atoms with Crippen LogP contribution < -0.4 is 10.9 Å². The van der Waals surface area contributed by atoms with Crippen molar-refractivity contribution in [2.45, 2.75) is 18.7 Å². The second-order valence-electron chi connectivity index (χ2n) is 7.48. The predicted molar refractivity (Wildman–Crippen MR) is 117 cm³/mol. The zero-order valence-corrected chi connectivity index (χ0v) is 16.8. The first-order chi connectivity index (χ1) is 14.1. The van der Waals surface area contributed by atoms with Crippen LogP contribution in [0.25, 0.3) is 43.6 Å². The van der Waals surface area contributed by atoms with Gasteiger partial charge in [0, 0.05) is 21.5 Å². The Morgan fingerprint density at radius 2 is 1.33 bits per heavy atom. The van der Waals surface area contributed by atoms with Gasteiger partial charge in [0.05, 0.1) is 27.0 Å². The van der Waals surface area contributed by atoms with Gasteiger partial charge in [-0.05, 0) is 55.3 Å². The molecule has 30 heavy (non-hydrogen) atoms. The van der Waals surface area contributed by atoms with Crippen LogP contribution in [-0.2, 0) is 10.1 Å². The number of aromatic amines is 2. The van der Waals surface area contributed by atoms with Crippen LogP contribution in [0.2, 0.25) is 0 Å². The van der Waals surface area contributed by atoms with E-state index in [1.165, 1.54) is 18.2 Å². The number of hydrogen-bond acceptors (Lipinski definition) is 4. The molecule has 7 nitrogen and oxygen atoms in total. The Balaban J connectivity index is 1.96. The summed E-state index contributed by atoms with van der Waals surface area (Å²) in [4.78, 5) is 32.3. The lowest BCUT2D eigenvalue weighted by Gasteiger charge is -2.10. The number of benzene rings is 3. The fraction of sp³-hybridized carbons (Fsp3) is 0.0909. The molecule has 0 bridgehead atoms. The second-order valence-corrected chi connectivity index (χ2v) is 8.90. The fourth-order valence-electron chi connectivity index (χ4n) is 3.99. The van der Waals surface area contributed by atoms with E-state index >= 15 is 0 Å². The standard InChI is InChI=1S/C22H16N2O5S/c1-10-3-4-11(2)20-19(10)22(26)15-9-17-14(8-18(15)24-20)21(25)13-6-5-12(30(27,28)29)7-16(13)23-17/h3-9H,1-2H3,(H,23,25)(H,24,26)(H,27,28,29). The molecule has 0 aliphatic rings. The van der Waals surface area contributed by atoms with E-state index < -0.39 is 10.1 Å². The molecule has 0 saturated carbocycles. The van der Waals surface area contributed by atoms with Gasteiger partial charge < -0.3 is 9.97 Å². The average Bonchev–Trinajstić information content (AvgIpc) is 2.69. The molecule has 0 saturated heterocycles. The van der Waals surface area contributed by atoms with Crippen molar-refractivity contribution in [2.24, 2.45) is 0 Å². The largest absolute Gasteiger partial charge is 0.354 e. The van der Waals surface area contributed by atoms with E-state index in [0.717, 1.165) is 16.6 Å². The molecule has 0 aliphatic carbocycles. The summed E-state index contributed by atoms with van der Waals surface area (Å²) in [5, 5.41) is 1.67. The highest BCUT2D eigenvalue weighted by atomic mass is 32.2. The first-order valence-corrected chi connectivity index (χ1v) is 10.6. The molecule has 0 spiro atoms. The molecule has 150 valence electrons. The summed E-state index contributed by atoms with van der Waals surface area (Å²) in [6, 6.07) is 10.8. The maximum absolute atomic E-state index is 13.2. The Hall–Kier alpha value is -3.49. The molecule has 0 atom stereocenters. The molecule has 0 aliphatic heterocycles. The number of fused-ring (bicyclic) bond motifs is 4. The topological polar surface area (TPSA) is 120 Å². The highest BCUT2D eigenvalue weighted by Gasteiger charge is 2.15. The first kappa shape index (κ1) is 18.5. The number of H-pyrrole nitrogens is 2. The summed E-state index contributed by atoms with van der Waals surface area (Å²) in [5.74, 6) is 0. The van der Waals surface area contributed by atoms with Crippen LogP contribution in [0.3, 0.4) is 0 Å². The minimum Gasteiger partial charge on any atom is -0.354 e. The molecule has 3 N–H and O–H groups in total. The van der Waals surface area contributed by atoms with Gasteiger partial charge >= 0.3 is 0 Å². The maximum atomic E-state index is 13.2. The van der Waals surface area contributed by atoms with Crippen molar-refractivity contribution in [1.82, 2.24) is 9.97 Å². The quantitative estimate of drug-likeness (QED) is 0.283. The summed E-state index contributed by atoms with van der Waals surface area (Å²) >= 11 is 0. The smallest absolute Gasteiger partial charge is 0.294 e. The third-order valence-electron chi connectivity index (χ3n) is 5.56. The molecule has 5 rings (SSSR count). The fourth-order valence-corrected chi connectivity index (χ4v) is 4.50. The number of pyridine rings is 2. The molecule has 0 amide bonds. The van der Waals surface area contributed by atoms with Crippen LogP contribution in [0.5, 0.6) is 0 Å². The van der Waals surface area contributed by atoms with E-state index in [4.69, 9.17) is 0 Å². The van der Waals surface area contributed by atoms with Crippen LogP contribution in [0, 0.1) is 13.8 Å². The Morgan fingerprint density at radius 3 is 2.03 bits per heavy atom. The lowest BCUT2D eigenvalue weighted by atomic mass is 10.0. The third kappa shape index (κ3) is 2.58. The molecule has 0 fully saturated rings. The average molecular weight is 420 g/mol. The van der Waals surface area contributed by atoms with Gasteiger partial charge in [-0.1, -0.05) is 12.1 Å². The van der Waals surface area contributed by atoms with Crippen LogP contribution in [-0.4, -0.2) is 22.9 Å². The monoisotopic (exact) mass is 420 g/mol. The molecular formula is C22H16N2O5S. The van der Waals surface area contributed by atoms with Gasteiger partial charge in [0.15, 0.2) is 10.9 Å². The molecule has 0 radical (unpaired) electrons. The zero-order valence-electron chi connectivity index (χ0n) is 16.0. The van der Waals surface area contributed by atoms with Gasteiger partial charge in [-0.3, -0.25) is 14.1 Å². The third-order valence-corrected chi connectivity index (χ3v) is 6.41. The highest BCUT2D eigenvalue weighted by molar-refractivity contribution is 7.85. The summed E-state index contributed by atoms with van der Waals surface area (Å²) < 4.78 is 32.2.